The maximum atomic E-state index is 12.0. The summed E-state index contributed by atoms with van der Waals surface area (Å²) in [6.45, 7) is 7.54. The van der Waals surface area contributed by atoms with Gasteiger partial charge in [-0.05, 0) is 56.5 Å². The first kappa shape index (κ1) is 10.8. The second kappa shape index (κ2) is 3.41. The van der Waals surface area contributed by atoms with Gasteiger partial charge in [0, 0.05) is 16.7 Å². The first-order valence-corrected chi connectivity index (χ1v) is 5.31. The zero-order valence-corrected chi connectivity index (χ0v) is 9.97. The summed E-state index contributed by atoms with van der Waals surface area (Å²) in [6, 6.07) is 1.83. The van der Waals surface area contributed by atoms with Gasteiger partial charge in [0.15, 0.2) is 11.6 Å². The topological polar surface area (TPSA) is 34.1 Å². The molecular formula is C14H14O2. The van der Waals surface area contributed by atoms with Crippen LogP contribution in [-0.4, -0.2) is 11.6 Å². The summed E-state index contributed by atoms with van der Waals surface area (Å²) in [5, 5.41) is 0. The maximum Gasteiger partial charge on any atom is 0.189 e. The molecule has 0 bridgehead atoms. The lowest BCUT2D eigenvalue weighted by molar-refractivity contribution is 0.0984. The number of carbonyl (C=O) groups is 2. The van der Waals surface area contributed by atoms with Gasteiger partial charge in [-0.3, -0.25) is 9.59 Å². The molecule has 2 heteroatoms. The van der Waals surface area contributed by atoms with Crippen molar-refractivity contribution in [2.75, 3.05) is 0 Å². The molecule has 0 saturated heterocycles. The van der Waals surface area contributed by atoms with Crippen molar-refractivity contribution in [1.29, 1.82) is 0 Å². The third-order valence-electron chi connectivity index (χ3n) is 3.36. The molecule has 1 aromatic carbocycles. The van der Waals surface area contributed by atoms with Crippen LogP contribution in [0.5, 0.6) is 0 Å². The summed E-state index contributed by atoms with van der Waals surface area (Å²) in [5.41, 5.74) is 4.75. The summed E-state index contributed by atoms with van der Waals surface area (Å²) in [7, 11) is 0. The minimum absolute atomic E-state index is 0.0270. The molecular weight excluding hydrogens is 200 g/mol. The number of rotatable bonds is 0. The van der Waals surface area contributed by atoms with Crippen LogP contribution in [0.4, 0.5) is 0 Å². The van der Waals surface area contributed by atoms with Crippen molar-refractivity contribution in [3.8, 4) is 0 Å². The predicted molar refractivity (Wildman–Crippen MR) is 63.1 cm³/mol. The fourth-order valence-corrected chi connectivity index (χ4v) is 2.13. The van der Waals surface area contributed by atoms with Gasteiger partial charge in [0.05, 0.1) is 0 Å². The van der Waals surface area contributed by atoms with Gasteiger partial charge < -0.3 is 0 Å². The van der Waals surface area contributed by atoms with E-state index in [9.17, 15) is 9.59 Å². The number of fused-ring (bicyclic) bond motifs is 1. The molecule has 1 aromatic rings. The predicted octanol–water partition coefficient (Wildman–Crippen LogP) is 2.94. The van der Waals surface area contributed by atoms with Crippen LogP contribution in [0.1, 0.15) is 44.3 Å². The van der Waals surface area contributed by atoms with Gasteiger partial charge in [0.2, 0.25) is 0 Å². The second-order valence-corrected chi connectivity index (χ2v) is 4.39. The molecule has 1 aliphatic carbocycles. The molecule has 16 heavy (non-hydrogen) atoms. The Morgan fingerprint density at radius 2 is 1.56 bits per heavy atom. The summed E-state index contributed by atoms with van der Waals surface area (Å²) < 4.78 is 0. The zero-order chi connectivity index (χ0) is 12.0. The molecule has 0 radical (unpaired) electrons. The second-order valence-electron chi connectivity index (χ2n) is 4.39. The first-order chi connectivity index (χ1) is 7.43. The third kappa shape index (κ3) is 1.33. The van der Waals surface area contributed by atoms with E-state index < -0.39 is 0 Å². The normalized spacial score (nSPS) is 14.9. The molecule has 0 atom stereocenters. The molecule has 0 fully saturated rings. The van der Waals surface area contributed by atoms with Crippen molar-refractivity contribution in [3.05, 3.63) is 45.5 Å². The quantitative estimate of drug-likeness (QED) is 0.665. The third-order valence-corrected chi connectivity index (χ3v) is 3.36. The number of ketones is 2. The lowest BCUT2D eigenvalue weighted by atomic mass is 9.84. The van der Waals surface area contributed by atoms with E-state index in [0.717, 1.165) is 16.7 Å². The number of hydrogen-bond donors (Lipinski definition) is 0. The molecule has 0 amide bonds. The summed E-state index contributed by atoms with van der Waals surface area (Å²) in [4.78, 5) is 23.9. The van der Waals surface area contributed by atoms with E-state index in [0.29, 0.717) is 16.7 Å². The summed E-state index contributed by atoms with van der Waals surface area (Å²) in [5.74, 6) is -0.0755. The SMILES string of the molecule is CC1=CC(=O)c2c(cc(C)c(C)c2C)C1=O. The van der Waals surface area contributed by atoms with Crippen molar-refractivity contribution in [3.63, 3.8) is 0 Å². The van der Waals surface area contributed by atoms with Gasteiger partial charge in [0.1, 0.15) is 0 Å². The smallest absolute Gasteiger partial charge is 0.189 e. The highest BCUT2D eigenvalue weighted by atomic mass is 16.1. The molecule has 0 heterocycles. The van der Waals surface area contributed by atoms with Crippen molar-refractivity contribution >= 4 is 11.6 Å². The van der Waals surface area contributed by atoms with Crippen LogP contribution >= 0.6 is 0 Å². The van der Waals surface area contributed by atoms with Crippen LogP contribution in [0.15, 0.2) is 17.7 Å². The van der Waals surface area contributed by atoms with Crippen LogP contribution in [0.3, 0.4) is 0 Å². The number of allylic oxidation sites excluding steroid dienone is 2. The van der Waals surface area contributed by atoms with Gasteiger partial charge in [0.25, 0.3) is 0 Å². The average Bonchev–Trinajstić information content (AvgIpc) is 2.22. The molecule has 82 valence electrons. The Morgan fingerprint density at radius 1 is 0.938 bits per heavy atom. The van der Waals surface area contributed by atoms with Crippen LogP contribution in [0, 0.1) is 20.8 Å². The van der Waals surface area contributed by atoms with E-state index >= 15 is 0 Å². The van der Waals surface area contributed by atoms with Crippen molar-refractivity contribution < 1.29 is 9.59 Å². The van der Waals surface area contributed by atoms with Crippen molar-refractivity contribution in [2.45, 2.75) is 27.7 Å². The Labute approximate surface area is 95.0 Å². The maximum absolute atomic E-state index is 12.0. The molecule has 0 saturated carbocycles. The minimum atomic E-state index is -0.0484. The van der Waals surface area contributed by atoms with Crippen LogP contribution in [0.25, 0.3) is 0 Å². The Bertz CT molecular complexity index is 548. The van der Waals surface area contributed by atoms with Gasteiger partial charge >= 0.3 is 0 Å². The number of hydrogen-bond acceptors (Lipinski definition) is 2. The molecule has 0 unspecified atom stereocenters. The molecule has 0 spiro atoms. The van der Waals surface area contributed by atoms with E-state index in [1.807, 2.05) is 26.8 Å². The molecule has 0 N–H and O–H groups in total. The highest BCUT2D eigenvalue weighted by Crippen LogP contribution is 2.28. The Balaban J connectivity index is 2.83. The molecule has 0 aromatic heterocycles. The highest BCUT2D eigenvalue weighted by Gasteiger charge is 2.25. The largest absolute Gasteiger partial charge is 0.289 e. The number of benzene rings is 1. The van der Waals surface area contributed by atoms with Crippen molar-refractivity contribution in [1.82, 2.24) is 0 Å². The molecule has 1 aliphatic rings. The first-order valence-electron chi connectivity index (χ1n) is 5.31. The van der Waals surface area contributed by atoms with E-state index in [2.05, 4.69) is 0 Å². The number of carbonyl (C=O) groups excluding carboxylic acids is 2. The average molecular weight is 214 g/mol. The number of Topliss-reactive ketones (excluding diaryl/α,β-unsaturated/α-hetero) is 1. The molecule has 2 nitrogen and oxygen atoms in total. The Morgan fingerprint density at radius 3 is 2.19 bits per heavy atom. The van der Waals surface area contributed by atoms with E-state index in [4.69, 9.17) is 0 Å². The fourth-order valence-electron chi connectivity index (χ4n) is 2.13. The van der Waals surface area contributed by atoms with Crippen LogP contribution < -0.4 is 0 Å². The van der Waals surface area contributed by atoms with Crippen LogP contribution in [0.2, 0.25) is 0 Å². The zero-order valence-electron chi connectivity index (χ0n) is 9.97. The monoisotopic (exact) mass is 214 g/mol. The Kier molecular flexibility index (Phi) is 2.30. The lowest BCUT2D eigenvalue weighted by Gasteiger charge is -2.18. The highest BCUT2D eigenvalue weighted by molar-refractivity contribution is 6.25. The fraction of sp³-hybridized carbons (Fsp3) is 0.286. The molecule has 2 rings (SSSR count). The summed E-state index contributed by atoms with van der Waals surface area (Å²) >= 11 is 0. The van der Waals surface area contributed by atoms with Gasteiger partial charge in [-0.1, -0.05) is 0 Å². The van der Waals surface area contributed by atoms with Gasteiger partial charge in [-0.15, -0.1) is 0 Å². The summed E-state index contributed by atoms with van der Waals surface area (Å²) in [6.07, 6.45) is 1.44. The van der Waals surface area contributed by atoms with Gasteiger partial charge in [-0.25, -0.2) is 0 Å². The van der Waals surface area contributed by atoms with E-state index in [1.165, 1.54) is 6.08 Å². The number of aryl methyl sites for hydroxylation is 1. The van der Waals surface area contributed by atoms with Crippen LogP contribution in [-0.2, 0) is 0 Å². The minimum Gasteiger partial charge on any atom is -0.289 e. The standard InChI is InChI=1S/C14H14O2/c1-7-5-11-13(10(4)9(7)3)12(15)6-8(2)14(11)16/h5-6H,1-4H3. The molecule has 0 aliphatic heterocycles. The van der Waals surface area contributed by atoms with Crippen molar-refractivity contribution in [2.24, 2.45) is 0 Å². The lowest BCUT2D eigenvalue weighted by Crippen LogP contribution is -2.18. The van der Waals surface area contributed by atoms with Gasteiger partial charge in [-0.2, -0.15) is 0 Å². The Hall–Kier alpha value is -1.70. The van der Waals surface area contributed by atoms with E-state index in [1.54, 1.807) is 6.92 Å². The van der Waals surface area contributed by atoms with E-state index in [-0.39, 0.29) is 11.6 Å².